The first-order chi connectivity index (χ1) is 13.5. The predicted molar refractivity (Wildman–Crippen MR) is 107 cm³/mol. The van der Waals surface area contributed by atoms with Crippen molar-refractivity contribution in [3.63, 3.8) is 0 Å². The maximum Gasteiger partial charge on any atom is 0.311 e. The van der Waals surface area contributed by atoms with Crippen molar-refractivity contribution < 1.29 is 19.1 Å². The van der Waals surface area contributed by atoms with Gasteiger partial charge in [-0.25, -0.2) is 0 Å². The SMILES string of the molecule is CCc1ccccc1N1C[C@@H](C(=O)OCC(=O)Nc2cccc(C)c2)CC1=O. The topological polar surface area (TPSA) is 75.7 Å². The van der Waals surface area contributed by atoms with Crippen LogP contribution >= 0.6 is 0 Å². The molecule has 6 nitrogen and oxygen atoms in total. The zero-order chi connectivity index (χ0) is 20.1. The number of nitrogens with one attached hydrogen (secondary N) is 1. The van der Waals surface area contributed by atoms with Crippen LogP contribution < -0.4 is 10.2 Å². The van der Waals surface area contributed by atoms with Crippen LogP contribution in [0, 0.1) is 12.8 Å². The summed E-state index contributed by atoms with van der Waals surface area (Å²) in [6.45, 7) is 3.85. The van der Waals surface area contributed by atoms with E-state index in [1.165, 1.54) is 0 Å². The maximum absolute atomic E-state index is 12.4. The first-order valence-corrected chi connectivity index (χ1v) is 9.39. The van der Waals surface area contributed by atoms with Crippen LogP contribution in [0.2, 0.25) is 0 Å². The van der Waals surface area contributed by atoms with Gasteiger partial charge in [0.15, 0.2) is 6.61 Å². The Balaban J connectivity index is 1.55. The van der Waals surface area contributed by atoms with E-state index in [1.807, 2.05) is 56.3 Å². The molecule has 0 aliphatic carbocycles. The maximum atomic E-state index is 12.4. The second-order valence-electron chi connectivity index (χ2n) is 6.91. The minimum absolute atomic E-state index is 0.0936. The Hall–Kier alpha value is -3.15. The number of anilines is 2. The van der Waals surface area contributed by atoms with Crippen molar-refractivity contribution in [1.29, 1.82) is 0 Å². The number of amides is 2. The normalized spacial score (nSPS) is 16.1. The minimum atomic E-state index is -0.566. The highest BCUT2D eigenvalue weighted by atomic mass is 16.5. The molecule has 2 aromatic carbocycles. The largest absolute Gasteiger partial charge is 0.455 e. The van der Waals surface area contributed by atoms with E-state index in [2.05, 4.69) is 5.32 Å². The van der Waals surface area contributed by atoms with E-state index < -0.39 is 17.8 Å². The molecule has 0 unspecified atom stereocenters. The molecule has 2 amide bonds. The molecule has 1 heterocycles. The molecule has 6 heteroatoms. The van der Waals surface area contributed by atoms with E-state index in [0.29, 0.717) is 5.69 Å². The Kier molecular flexibility index (Phi) is 6.09. The summed E-state index contributed by atoms with van der Waals surface area (Å²) in [7, 11) is 0. The smallest absolute Gasteiger partial charge is 0.311 e. The van der Waals surface area contributed by atoms with Gasteiger partial charge in [0.1, 0.15) is 0 Å². The zero-order valence-electron chi connectivity index (χ0n) is 16.1. The van der Waals surface area contributed by atoms with Gasteiger partial charge in [0.25, 0.3) is 5.91 Å². The summed E-state index contributed by atoms with van der Waals surface area (Å²) >= 11 is 0. The summed E-state index contributed by atoms with van der Waals surface area (Å²) in [6, 6.07) is 15.0. The number of carbonyl (C=O) groups excluding carboxylic acids is 3. The molecule has 1 aliphatic rings. The number of hydrogen-bond acceptors (Lipinski definition) is 4. The molecule has 1 aliphatic heterocycles. The van der Waals surface area contributed by atoms with Gasteiger partial charge in [0.2, 0.25) is 5.91 Å². The lowest BCUT2D eigenvalue weighted by Crippen LogP contribution is -2.28. The summed E-state index contributed by atoms with van der Waals surface area (Å²) in [5.41, 5.74) is 3.57. The summed E-state index contributed by atoms with van der Waals surface area (Å²) in [5.74, 6) is -1.60. The summed E-state index contributed by atoms with van der Waals surface area (Å²) in [5, 5.41) is 2.69. The van der Waals surface area contributed by atoms with Crippen molar-refractivity contribution in [3.05, 3.63) is 59.7 Å². The van der Waals surface area contributed by atoms with Gasteiger partial charge < -0.3 is 15.0 Å². The molecule has 0 aromatic heterocycles. The number of carbonyl (C=O) groups is 3. The lowest BCUT2D eigenvalue weighted by molar-refractivity contribution is -0.151. The van der Waals surface area contributed by atoms with Crippen LogP contribution in [0.3, 0.4) is 0 Å². The average molecular weight is 380 g/mol. The number of hydrogen-bond donors (Lipinski definition) is 1. The molecule has 0 saturated carbocycles. The second-order valence-corrected chi connectivity index (χ2v) is 6.91. The number of ether oxygens (including phenoxy) is 1. The van der Waals surface area contributed by atoms with E-state index in [0.717, 1.165) is 23.2 Å². The van der Waals surface area contributed by atoms with Gasteiger partial charge in [-0.2, -0.15) is 0 Å². The molecule has 146 valence electrons. The number of rotatable bonds is 6. The fraction of sp³-hybridized carbons (Fsp3) is 0.318. The van der Waals surface area contributed by atoms with Crippen molar-refractivity contribution in [2.45, 2.75) is 26.7 Å². The predicted octanol–water partition coefficient (Wildman–Crippen LogP) is 3.09. The summed E-state index contributed by atoms with van der Waals surface area (Å²) in [4.78, 5) is 38.4. The van der Waals surface area contributed by atoms with Crippen molar-refractivity contribution in [2.75, 3.05) is 23.4 Å². The minimum Gasteiger partial charge on any atom is -0.455 e. The van der Waals surface area contributed by atoms with Crippen molar-refractivity contribution in [3.8, 4) is 0 Å². The molecular formula is C22H24N2O4. The Morgan fingerprint density at radius 2 is 1.96 bits per heavy atom. The Morgan fingerprint density at radius 3 is 2.71 bits per heavy atom. The van der Waals surface area contributed by atoms with Crippen molar-refractivity contribution in [2.24, 2.45) is 5.92 Å². The Labute approximate surface area is 164 Å². The average Bonchev–Trinajstić information content (AvgIpc) is 3.07. The van der Waals surface area contributed by atoms with Gasteiger partial charge >= 0.3 is 5.97 Å². The van der Waals surface area contributed by atoms with Gasteiger partial charge in [0.05, 0.1) is 5.92 Å². The van der Waals surface area contributed by atoms with Crippen LogP contribution in [0.5, 0.6) is 0 Å². The Morgan fingerprint density at radius 1 is 1.18 bits per heavy atom. The first-order valence-electron chi connectivity index (χ1n) is 9.39. The van der Waals surface area contributed by atoms with E-state index in [1.54, 1.807) is 11.0 Å². The van der Waals surface area contributed by atoms with Crippen LogP contribution in [0.25, 0.3) is 0 Å². The molecule has 0 radical (unpaired) electrons. The highest BCUT2D eigenvalue weighted by Crippen LogP contribution is 2.29. The van der Waals surface area contributed by atoms with Crippen LogP contribution in [-0.2, 0) is 25.5 Å². The van der Waals surface area contributed by atoms with E-state index in [9.17, 15) is 14.4 Å². The second kappa shape index (κ2) is 8.69. The van der Waals surface area contributed by atoms with E-state index in [-0.39, 0.29) is 25.5 Å². The van der Waals surface area contributed by atoms with Crippen LogP contribution in [0.15, 0.2) is 48.5 Å². The lowest BCUT2D eigenvalue weighted by Gasteiger charge is -2.19. The van der Waals surface area contributed by atoms with Crippen molar-refractivity contribution in [1.82, 2.24) is 0 Å². The number of para-hydroxylation sites is 1. The third-order valence-electron chi connectivity index (χ3n) is 4.77. The molecule has 1 N–H and O–H groups in total. The van der Waals surface area contributed by atoms with E-state index >= 15 is 0 Å². The molecular weight excluding hydrogens is 356 g/mol. The number of nitrogens with zero attached hydrogens (tertiary/aromatic N) is 1. The lowest BCUT2D eigenvalue weighted by atomic mass is 10.1. The van der Waals surface area contributed by atoms with Crippen LogP contribution in [0.1, 0.15) is 24.5 Å². The van der Waals surface area contributed by atoms with Gasteiger partial charge in [-0.1, -0.05) is 37.3 Å². The molecule has 1 saturated heterocycles. The van der Waals surface area contributed by atoms with E-state index in [4.69, 9.17) is 4.74 Å². The number of esters is 1. The van der Waals surface area contributed by atoms with Crippen molar-refractivity contribution >= 4 is 29.2 Å². The molecule has 2 aromatic rings. The molecule has 0 bridgehead atoms. The number of benzene rings is 2. The highest BCUT2D eigenvalue weighted by molar-refractivity contribution is 6.00. The molecule has 28 heavy (non-hydrogen) atoms. The third kappa shape index (κ3) is 4.57. The first kappa shape index (κ1) is 19.6. The highest BCUT2D eigenvalue weighted by Gasteiger charge is 2.36. The molecule has 3 rings (SSSR count). The third-order valence-corrected chi connectivity index (χ3v) is 4.77. The molecule has 1 atom stereocenters. The standard InChI is InChI=1S/C22H24N2O4/c1-3-16-8-4-5-10-19(16)24-13-17(12-21(24)26)22(27)28-14-20(25)23-18-9-6-7-15(2)11-18/h4-11,17H,3,12-14H2,1-2H3,(H,23,25)/t17-/m0/s1. The van der Waals surface area contributed by atoms with Gasteiger partial charge in [-0.3, -0.25) is 14.4 Å². The Bertz CT molecular complexity index is 894. The van der Waals surface area contributed by atoms with Gasteiger partial charge in [0, 0.05) is 24.3 Å². The van der Waals surface area contributed by atoms with Crippen LogP contribution in [0.4, 0.5) is 11.4 Å². The van der Waals surface area contributed by atoms with Crippen LogP contribution in [-0.4, -0.2) is 30.9 Å². The summed E-state index contributed by atoms with van der Waals surface area (Å²) < 4.78 is 5.15. The quantitative estimate of drug-likeness (QED) is 0.782. The molecule has 1 fully saturated rings. The zero-order valence-corrected chi connectivity index (χ0v) is 16.1. The fourth-order valence-corrected chi connectivity index (χ4v) is 3.35. The number of aryl methyl sites for hydroxylation is 2. The molecule has 0 spiro atoms. The monoisotopic (exact) mass is 380 g/mol. The van der Waals surface area contributed by atoms with Gasteiger partial charge in [-0.15, -0.1) is 0 Å². The fourth-order valence-electron chi connectivity index (χ4n) is 3.35. The van der Waals surface area contributed by atoms with Gasteiger partial charge in [-0.05, 0) is 42.7 Å². The summed E-state index contributed by atoms with van der Waals surface area (Å²) in [6.07, 6.45) is 0.893.